The molecule has 0 aromatic heterocycles. The Balaban J connectivity index is 2.06. The van der Waals surface area contributed by atoms with Crippen LogP contribution in [-0.2, 0) is 4.79 Å². The number of hydrogen-bond donors (Lipinski definition) is 2. The molecular weight excluding hydrogens is 196 g/mol. The van der Waals surface area contributed by atoms with Crippen LogP contribution in [0.4, 0.5) is 0 Å². The van der Waals surface area contributed by atoms with Gasteiger partial charge in [-0.1, -0.05) is 6.92 Å². The van der Waals surface area contributed by atoms with E-state index in [0.717, 1.165) is 31.0 Å². The van der Waals surface area contributed by atoms with Gasteiger partial charge in [-0.15, -0.1) is 0 Å². The summed E-state index contributed by atoms with van der Waals surface area (Å²) in [7, 11) is 0. The second-order valence-electron chi connectivity index (χ2n) is 3.56. The normalized spacial score (nSPS) is 21.9. The SMILES string of the molecule is CCSCCC(=O)NC1CCCNC1. The van der Waals surface area contributed by atoms with Crippen molar-refractivity contribution in [3.05, 3.63) is 0 Å². The molecule has 0 aromatic carbocycles. The van der Waals surface area contributed by atoms with Gasteiger partial charge in [0.1, 0.15) is 0 Å². The van der Waals surface area contributed by atoms with Crippen LogP contribution >= 0.6 is 11.8 Å². The number of carbonyl (C=O) groups is 1. The maximum absolute atomic E-state index is 11.4. The lowest BCUT2D eigenvalue weighted by molar-refractivity contribution is -0.121. The molecule has 1 aliphatic heterocycles. The summed E-state index contributed by atoms with van der Waals surface area (Å²) in [6.45, 7) is 4.15. The van der Waals surface area contributed by atoms with E-state index >= 15 is 0 Å². The first-order valence-corrected chi connectivity index (χ1v) is 6.56. The second kappa shape index (κ2) is 7.12. The zero-order valence-corrected chi connectivity index (χ0v) is 9.66. The molecule has 0 spiro atoms. The monoisotopic (exact) mass is 216 g/mol. The lowest BCUT2D eigenvalue weighted by Gasteiger charge is -2.23. The summed E-state index contributed by atoms with van der Waals surface area (Å²) in [5.41, 5.74) is 0. The van der Waals surface area contributed by atoms with E-state index < -0.39 is 0 Å². The first-order chi connectivity index (χ1) is 6.83. The average molecular weight is 216 g/mol. The number of rotatable bonds is 5. The van der Waals surface area contributed by atoms with Gasteiger partial charge < -0.3 is 10.6 Å². The Morgan fingerprint density at radius 3 is 3.14 bits per heavy atom. The summed E-state index contributed by atoms with van der Waals surface area (Å²) in [6.07, 6.45) is 2.96. The number of carbonyl (C=O) groups excluding carboxylic acids is 1. The van der Waals surface area contributed by atoms with E-state index in [-0.39, 0.29) is 5.91 Å². The van der Waals surface area contributed by atoms with Gasteiger partial charge in [0.2, 0.25) is 5.91 Å². The highest BCUT2D eigenvalue weighted by Gasteiger charge is 2.14. The maximum Gasteiger partial charge on any atom is 0.221 e. The van der Waals surface area contributed by atoms with Crippen molar-refractivity contribution in [2.45, 2.75) is 32.2 Å². The molecule has 0 saturated carbocycles. The Kier molecular flexibility index (Phi) is 6.03. The molecule has 1 atom stereocenters. The Morgan fingerprint density at radius 1 is 1.64 bits per heavy atom. The van der Waals surface area contributed by atoms with Crippen molar-refractivity contribution >= 4 is 17.7 Å². The van der Waals surface area contributed by atoms with Crippen LogP contribution in [0.5, 0.6) is 0 Å². The fourth-order valence-corrected chi connectivity index (χ4v) is 2.20. The van der Waals surface area contributed by atoms with Crippen molar-refractivity contribution < 1.29 is 4.79 Å². The van der Waals surface area contributed by atoms with E-state index in [1.807, 2.05) is 11.8 Å². The third-order valence-electron chi connectivity index (χ3n) is 2.34. The standard InChI is InChI=1S/C10H20N2OS/c1-2-14-7-5-10(13)12-9-4-3-6-11-8-9/h9,11H,2-8H2,1H3,(H,12,13). The van der Waals surface area contributed by atoms with Crippen molar-refractivity contribution in [3.63, 3.8) is 0 Å². The van der Waals surface area contributed by atoms with Gasteiger partial charge in [0.25, 0.3) is 0 Å². The smallest absolute Gasteiger partial charge is 0.221 e. The second-order valence-corrected chi connectivity index (χ2v) is 4.95. The van der Waals surface area contributed by atoms with Crippen molar-refractivity contribution in [1.29, 1.82) is 0 Å². The maximum atomic E-state index is 11.4. The van der Waals surface area contributed by atoms with Gasteiger partial charge >= 0.3 is 0 Å². The first kappa shape index (κ1) is 11.9. The van der Waals surface area contributed by atoms with Crippen LogP contribution < -0.4 is 10.6 Å². The van der Waals surface area contributed by atoms with E-state index in [1.165, 1.54) is 6.42 Å². The Labute approximate surface area is 90.4 Å². The third kappa shape index (κ3) is 4.86. The van der Waals surface area contributed by atoms with Gasteiger partial charge in [0.05, 0.1) is 0 Å². The fourth-order valence-electron chi connectivity index (χ4n) is 1.58. The van der Waals surface area contributed by atoms with Crippen LogP contribution in [0, 0.1) is 0 Å². The summed E-state index contributed by atoms with van der Waals surface area (Å²) in [5.74, 6) is 2.25. The van der Waals surface area contributed by atoms with E-state index in [1.54, 1.807) is 0 Å². The molecule has 1 aliphatic rings. The highest BCUT2D eigenvalue weighted by molar-refractivity contribution is 7.99. The lowest BCUT2D eigenvalue weighted by atomic mass is 10.1. The molecule has 1 saturated heterocycles. The third-order valence-corrected chi connectivity index (χ3v) is 3.24. The van der Waals surface area contributed by atoms with Crippen LogP contribution in [0.25, 0.3) is 0 Å². The topological polar surface area (TPSA) is 41.1 Å². The summed E-state index contributed by atoms with van der Waals surface area (Å²) < 4.78 is 0. The summed E-state index contributed by atoms with van der Waals surface area (Å²) >= 11 is 1.82. The van der Waals surface area contributed by atoms with Gasteiger partial charge in [-0.3, -0.25) is 4.79 Å². The average Bonchev–Trinajstić information content (AvgIpc) is 2.20. The minimum atomic E-state index is 0.208. The van der Waals surface area contributed by atoms with Gasteiger partial charge in [-0.25, -0.2) is 0 Å². The zero-order chi connectivity index (χ0) is 10.2. The number of piperidine rings is 1. The van der Waals surface area contributed by atoms with Crippen LogP contribution in [0.2, 0.25) is 0 Å². The predicted octanol–water partition coefficient (Wildman–Crippen LogP) is 0.998. The molecule has 1 fully saturated rings. The molecule has 3 nitrogen and oxygen atoms in total. The number of amides is 1. The summed E-state index contributed by atoms with van der Waals surface area (Å²) in [4.78, 5) is 11.4. The predicted molar refractivity (Wildman–Crippen MR) is 61.7 cm³/mol. The molecular formula is C10H20N2OS. The van der Waals surface area contributed by atoms with E-state index in [0.29, 0.717) is 12.5 Å². The molecule has 1 amide bonds. The van der Waals surface area contributed by atoms with Crippen LogP contribution in [0.3, 0.4) is 0 Å². The van der Waals surface area contributed by atoms with E-state index in [4.69, 9.17) is 0 Å². The molecule has 82 valence electrons. The molecule has 2 N–H and O–H groups in total. The number of nitrogens with one attached hydrogen (secondary N) is 2. The lowest BCUT2D eigenvalue weighted by Crippen LogP contribution is -2.45. The summed E-state index contributed by atoms with van der Waals surface area (Å²) in [5, 5.41) is 6.35. The van der Waals surface area contributed by atoms with Gasteiger partial charge in [-0.2, -0.15) is 11.8 Å². The minimum Gasteiger partial charge on any atom is -0.352 e. The molecule has 14 heavy (non-hydrogen) atoms. The molecule has 4 heteroatoms. The largest absolute Gasteiger partial charge is 0.352 e. The first-order valence-electron chi connectivity index (χ1n) is 5.40. The zero-order valence-electron chi connectivity index (χ0n) is 8.84. The number of hydrogen-bond acceptors (Lipinski definition) is 3. The molecule has 0 aliphatic carbocycles. The molecule has 1 unspecified atom stereocenters. The fraction of sp³-hybridized carbons (Fsp3) is 0.900. The van der Waals surface area contributed by atoms with Crippen LogP contribution in [0.15, 0.2) is 0 Å². The van der Waals surface area contributed by atoms with E-state index in [2.05, 4.69) is 17.6 Å². The Hall–Kier alpha value is -0.220. The van der Waals surface area contributed by atoms with Crippen molar-refractivity contribution in [1.82, 2.24) is 10.6 Å². The van der Waals surface area contributed by atoms with Crippen LogP contribution in [-0.4, -0.2) is 36.5 Å². The van der Waals surface area contributed by atoms with Gasteiger partial charge in [0, 0.05) is 24.8 Å². The van der Waals surface area contributed by atoms with Crippen LogP contribution in [0.1, 0.15) is 26.2 Å². The molecule has 0 bridgehead atoms. The van der Waals surface area contributed by atoms with E-state index in [9.17, 15) is 4.79 Å². The molecule has 0 radical (unpaired) electrons. The Morgan fingerprint density at radius 2 is 2.50 bits per heavy atom. The highest BCUT2D eigenvalue weighted by Crippen LogP contribution is 2.04. The molecule has 1 heterocycles. The van der Waals surface area contributed by atoms with Gasteiger partial charge in [0.15, 0.2) is 0 Å². The highest BCUT2D eigenvalue weighted by atomic mass is 32.2. The molecule has 0 aromatic rings. The summed E-state index contributed by atoms with van der Waals surface area (Å²) in [6, 6.07) is 0.364. The van der Waals surface area contributed by atoms with Crippen molar-refractivity contribution in [3.8, 4) is 0 Å². The van der Waals surface area contributed by atoms with Crippen molar-refractivity contribution in [2.24, 2.45) is 0 Å². The quantitative estimate of drug-likeness (QED) is 0.674. The number of thioether (sulfide) groups is 1. The minimum absolute atomic E-state index is 0.208. The molecule has 1 rings (SSSR count). The van der Waals surface area contributed by atoms with Gasteiger partial charge in [-0.05, 0) is 25.1 Å². The Bertz CT molecular complexity index is 170. The van der Waals surface area contributed by atoms with Crippen molar-refractivity contribution in [2.75, 3.05) is 24.6 Å².